The summed E-state index contributed by atoms with van der Waals surface area (Å²) in [5.74, 6) is 0. The summed E-state index contributed by atoms with van der Waals surface area (Å²) in [5, 5.41) is 7.80. The summed E-state index contributed by atoms with van der Waals surface area (Å²) in [6.07, 6.45) is 5.03. The van der Waals surface area contributed by atoms with Crippen LogP contribution in [0, 0.1) is 0 Å². The molecular weight excluding hydrogens is 298 g/mol. The Morgan fingerprint density at radius 2 is 1.69 bits per heavy atom. The highest BCUT2D eigenvalue weighted by Gasteiger charge is 2.05. The molecule has 1 heterocycles. The molecule has 0 atom stereocenters. The third-order valence-electron chi connectivity index (χ3n) is 1.90. The number of nitrogens with zero attached hydrogens (tertiary/aromatic N) is 3. The number of hydrogen-bond acceptors (Lipinski definition) is 2. The molecule has 1 aromatic rings. The van der Waals surface area contributed by atoms with E-state index in [0.29, 0.717) is 0 Å². The Balaban J connectivity index is 2.36. The molecule has 0 fully saturated rings. The largest absolute Gasteiger partial charge is 0.296 e. The zero-order chi connectivity index (χ0) is 9.68. The topological polar surface area (TPSA) is 30.7 Å². The summed E-state index contributed by atoms with van der Waals surface area (Å²) < 4.78 is 3.63. The van der Waals surface area contributed by atoms with Crippen molar-refractivity contribution in [2.75, 3.05) is 0 Å². The summed E-state index contributed by atoms with van der Waals surface area (Å²) >= 11 is 6.69. The Bertz CT molecular complexity index is 240. The van der Waals surface area contributed by atoms with Gasteiger partial charge in [-0.05, 0) is 38.3 Å². The minimum absolute atomic E-state index is 0.802. The van der Waals surface area contributed by atoms with Crippen molar-refractivity contribution in [3.63, 3.8) is 0 Å². The van der Waals surface area contributed by atoms with E-state index in [1.54, 1.807) is 0 Å². The maximum absolute atomic E-state index is 3.90. The monoisotopic (exact) mass is 309 g/mol. The van der Waals surface area contributed by atoms with Crippen LogP contribution < -0.4 is 0 Å². The van der Waals surface area contributed by atoms with Crippen molar-refractivity contribution in [2.24, 2.45) is 0 Å². The van der Waals surface area contributed by atoms with Gasteiger partial charge in [-0.3, -0.25) is 4.57 Å². The van der Waals surface area contributed by atoms with Crippen LogP contribution in [0.15, 0.2) is 9.47 Å². The molecule has 1 rings (SSSR count). The van der Waals surface area contributed by atoms with E-state index < -0.39 is 0 Å². The van der Waals surface area contributed by atoms with E-state index in [-0.39, 0.29) is 0 Å². The lowest BCUT2D eigenvalue weighted by Crippen LogP contribution is -1.98. The van der Waals surface area contributed by atoms with Gasteiger partial charge in [-0.1, -0.05) is 26.2 Å². The third-order valence-corrected chi connectivity index (χ3v) is 3.07. The highest BCUT2D eigenvalue weighted by atomic mass is 79.9. The van der Waals surface area contributed by atoms with Crippen molar-refractivity contribution < 1.29 is 0 Å². The zero-order valence-electron chi connectivity index (χ0n) is 7.63. The van der Waals surface area contributed by atoms with Crippen molar-refractivity contribution in [3.8, 4) is 0 Å². The molecule has 0 N–H and O–H groups in total. The fourth-order valence-corrected chi connectivity index (χ4v) is 2.23. The van der Waals surface area contributed by atoms with Crippen molar-refractivity contribution in [3.05, 3.63) is 9.47 Å². The van der Waals surface area contributed by atoms with Gasteiger partial charge in [0.2, 0.25) is 9.47 Å². The minimum Gasteiger partial charge on any atom is -0.296 e. The van der Waals surface area contributed by atoms with Crippen molar-refractivity contribution >= 4 is 31.9 Å². The van der Waals surface area contributed by atoms with Gasteiger partial charge in [0, 0.05) is 6.54 Å². The van der Waals surface area contributed by atoms with Crippen LogP contribution in [0.1, 0.15) is 32.6 Å². The first-order valence-electron chi connectivity index (χ1n) is 4.50. The molecule has 0 aromatic carbocycles. The average molecular weight is 311 g/mol. The minimum atomic E-state index is 0.802. The summed E-state index contributed by atoms with van der Waals surface area (Å²) in [7, 11) is 0. The molecule has 0 saturated carbocycles. The van der Waals surface area contributed by atoms with Crippen LogP contribution in [0.3, 0.4) is 0 Å². The Kier molecular flexibility index (Phi) is 4.94. The van der Waals surface area contributed by atoms with Gasteiger partial charge < -0.3 is 0 Å². The van der Waals surface area contributed by atoms with Gasteiger partial charge in [0.25, 0.3) is 0 Å². The van der Waals surface area contributed by atoms with Crippen LogP contribution in [0.25, 0.3) is 0 Å². The molecule has 74 valence electrons. The third kappa shape index (κ3) is 3.38. The van der Waals surface area contributed by atoms with Gasteiger partial charge >= 0.3 is 0 Å². The second-order valence-electron chi connectivity index (χ2n) is 2.95. The predicted octanol–water partition coefficient (Wildman–Crippen LogP) is 3.38. The van der Waals surface area contributed by atoms with Crippen LogP contribution in [-0.2, 0) is 6.54 Å². The summed E-state index contributed by atoms with van der Waals surface area (Å²) in [6.45, 7) is 3.19. The molecule has 0 aliphatic carbocycles. The first-order valence-corrected chi connectivity index (χ1v) is 6.08. The number of hydrogen-bond donors (Lipinski definition) is 0. The first kappa shape index (κ1) is 11.2. The van der Waals surface area contributed by atoms with E-state index in [2.05, 4.69) is 49.0 Å². The van der Waals surface area contributed by atoms with E-state index in [9.17, 15) is 0 Å². The SMILES string of the molecule is CCCCCCn1c(Br)nnc1Br. The molecule has 0 unspecified atom stereocenters. The molecule has 0 radical (unpaired) electrons. The van der Waals surface area contributed by atoms with Crippen LogP contribution in [-0.4, -0.2) is 14.8 Å². The fourth-order valence-electron chi connectivity index (χ4n) is 1.15. The molecule has 5 heteroatoms. The molecule has 0 aliphatic heterocycles. The second-order valence-corrected chi connectivity index (χ2v) is 4.37. The number of halogens is 2. The normalized spacial score (nSPS) is 10.7. The van der Waals surface area contributed by atoms with Crippen LogP contribution in [0.5, 0.6) is 0 Å². The molecule has 13 heavy (non-hydrogen) atoms. The van der Waals surface area contributed by atoms with E-state index in [4.69, 9.17) is 0 Å². The molecule has 0 bridgehead atoms. The number of unbranched alkanes of at least 4 members (excludes halogenated alkanes) is 3. The van der Waals surface area contributed by atoms with Gasteiger partial charge in [-0.25, -0.2) is 0 Å². The van der Waals surface area contributed by atoms with Crippen molar-refractivity contribution in [2.45, 2.75) is 39.2 Å². The Labute approximate surface area is 95.2 Å². The maximum atomic E-state index is 3.90. The Morgan fingerprint density at radius 3 is 2.23 bits per heavy atom. The van der Waals surface area contributed by atoms with E-state index in [1.807, 2.05) is 4.57 Å². The van der Waals surface area contributed by atoms with E-state index >= 15 is 0 Å². The van der Waals surface area contributed by atoms with Gasteiger partial charge in [-0.15, -0.1) is 10.2 Å². The van der Waals surface area contributed by atoms with Gasteiger partial charge in [0.15, 0.2) is 0 Å². The molecule has 0 aliphatic rings. The molecule has 0 amide bonds. The van der Waals surface area contributed by atoms with Gasteiger partial charge in [0.1, 0.15) is 0 Å². The smallest absolute Gasteiger partial charge is 0.200 e. The standard InChI is InChI=1S/C8H13Br2N3/c1-2-3-4-5-6-13-7(9)11-12-8(13)10/h2-6H2,1H3. The lowest BCUT2D eigenvalue weighted by molar-refractivity contribution is 0.568. The second kappa shape index (κ2) is 5.75. The first-order chi connectivity index (χ1) is 6.25. The molecule has 1 aromatic heterocycles. The Morgan fingerprint density at radius 1 is 1.08 bits per heavy atom. The maximum Gasteiger partial charge on any atom is 0.200 e. The molecule has 0 spiro atoms. The quantitative estimate of drug-likeness (QED) is 0.781. The van der Waals surface area contributed by atoms with Crippen molar-refractivity contribution in [1.82, 2.24) is 14.8 Å². The molecule has 0 saturated heterocycles. The van der Waals surface area contributed by atoms with Crippen LogP contribution >= 0.6 is 31.9 Å². The summed E-state index contributed by atoms with van der Waals surface area (Å²) in [5.41, 5.74) is 0. The lowest BCUT2D eigenvalue weighted by atomic mass is 10.2. The highest BCUT2D eigenvalue weighted by Crippen LogP contribution is 2.15. The molecule has 3 nitrogen and oxygen atoms in total. The number of aromatic nitrogens is 3. The summed E-state index contributed by atoms with van der Waals surface area (Å²) in [6, 6.07) is 0. The van der Waals surface area contributed by atoms with Crippen molar-refractivity contribution in [1.29, 1.82) is 0 Å². The predicted molar refractivity (Wildman–Crippen MR) is 59.6 cm³/mol. The van der Waals surface area contributed by atoms with Gasteiger partial charge in [0.05, 0.1) is 0 Å². The highest BCUT2D eigenvalue weighted by molar-refractivity contribution is 9.11. The van der Waals surface area contributed by atoms with E-state index in [0.717, 1.165) is 16.0 Å². The average Bonchev–Trinajstić information content (AvgIpc) is 2.42. The van der Waals surface area contributed by atoms with Gasteiger partial charge in [-0.2, -0.15) is 0 Å². The fraction of sp³-hybridized carbons (Fsp3) is 0.750. The summed E-state index contributed by atoms with van der Waals surface area (Å²) in [4.78, 5) is 0. The molecular formula is C8H13Br2N3. The van der Waals surface area contributed by atoms with Crippen LogP contribution in [0.4, 0.5) is 0 Å². The van der Waals surface area contributed by atoms with E-state index in [1.165, 1.54) is 25.7 Å². The zero-order valence-corrected chi connectivity index (χ0v) is 10.8. The lowest BCUT2D eigenvalue weighted by Gasteiger charge is -2.03. The van der Waals surface area contributed by atoms with Crippen LogP contribution in [0.2, 0.25) is 0 Å². The Hall–Kier alpha value is 0.1000. The number of rotatable bonds is 5.